The number of hydrogen-bond acceptors (Lipinski definition) is 5. The number of carbonyl (C=O) groups excluding carboxylic acids is 2. The first-order valence-corrected chi connectivity index (χ1v) is 9.88. The van der Waals surface area contributed by atoms with Gasteiger partial charge in [-0.25, -0.2) is 5.06 Å². The van der Waals surface area contributed by atoms with Crippen LogP contribution < -0.4 is 0 Å². The molecule has 0 aliphatic rings. The van der Waals surface area contributed by atoms with Crippen molar-refractivity contribution in [3.8, 4) is 11.1 Å². The van der Waals surface area contributed by atoms with Crippen molar-refractivity contribution in [2.75, 3.05) is 14.2 Å². The fraction of sp³-hybridized carbons (Fsp3) is 0.167. The van der Waals surface area contributed by atoms with Crippen LogP contribution >= 0.6 is 0 Å². The van der Waals surface area contributed by atoms with Crippen molar-refractivity contribution >= 4 is 22.6 Å². The molecule has 3 heterocycles. The summed E-state index contributed by atoms with van der Waals surface area (Å²) < 4.78 is 0. The third kappa shape index (κ3) is 4.51. The molecule has 4 aromatic rings. The van der Waals surface area contributed by atoms with Gasteiger partial charge in [-0.2, -0.15) is 0 Å². The molecule has 1 aromatic carbocycles. The largest absolute Gasteiger partial charge is 0.350 e. The highest BCUT2D eigenvalue weighted by Crippen LogP contribution is 2.26. The third-order valence-corrected chi connectivity index (χ3v) is 5.18. The topological polar surface area (TPSA) is 88.2 Å². The standard InChI is InChI=1S/C24H22N4O3/c1-28(31-2)24(30)22-15-19-13-17(4-5-20(19)27-22)18-9-12-26-21(14-18)23(29)6-3-16-7-10-25-11-8-16/h4-5,7-15,27H,3,6H2,1-2H3. The maximum atomic E-state index is 12.6. The Hall–Kier alpha value is -3.84. The summed E-state index contributed by atoms with van der Waals surface area (Å²) in [6.45, 7) is 0. The van der Waals surface area contributed by atoms with Crippen molar-refractivity contribution in [1.82, 2.24) is 20.0 Å². The lowest BCUT2D eigenvalue weighted by atomic mass is 10.0. The summed E-state index contributed by atoms with van der Waals surface area (Å²) in [6.07, 6.45) is 6.13. The molecule has 0 aliphatic heterocycles. The molecular weight excluding hydrogens is 392 g/mol. The predicted molar refractivity (Wildman–Crippen MR) is 118 cm³/mol. The van der Waals surface area contributed by atoms with Gasteiger partial charge in [-0.3, -0.25) is 24.4 Å². The quantitative estimate of drug-likeness (QED) is 0.364. The van der Waals surface area contributed by atoms with Crippen LogP contribution in [0.15, 0.2) is 67.1 Å². The van der Waals surface area contributed by atoms with Gasteiger partial charge in [0.1, 0.15) is 11.4 Å². The van der Waals surface area contributed by atoms with Crippen LogP contribution in [0.25, 0.3) is 22.0 Å². The number of aromatic nitrogens is 3. The van der Waals surface area contributed by atoms with Gasteiger partial charge in [0, 0.05) is 43.0 Å². The van der Waals surface area contributed by atoms with Gasteiger partial charge in [-0.05, 0) is 65.6 Å². The van der Waals surface area contributed by atoms with E-state index < -0.39 is 0 Å². The molecule has 0 bridgehead atoms. The Labute approximate surface area is 179 Å². The second-order valence-corrected chi connectivity index (χ2v) is 7.18. The van der Waals surface area contributed by atoms with E-state index in [-0.39, 0.29) is 11.7 Å². The summed E-state index contributed by atoms with van der Waals surface area (Å²) in [5.74, 6) is -0.261. The maximum Gasteiger partial charge on any atom is 0.293 e. The molecule has 0 aliphatic carbocycles. The fourth-order valence-electron chi connectivity index (χ4n) is 3.38. The smallest absolute Gasteiger partial charge is 0.293 e. The number of amides is 1. The zero-order valence-corrected chi connectivity index (χ0v) is 17.3. The Balaban J connectivity index is 1.55. The number of aromatic amines is 1. The Morgan fingerprint density at radius 3 is 2.55 bits per heavy atom. The molecule has 3 aromatic heterocycles. The first-order valence-electron chi connectivity index (χ1n) is 9.88. The number of nitrogens with zero attached hydrogens (tertiary/aromatic N) is 3. The minimum Gasteiger partial charge on any atom is -0.350 e. The molecule has 0 fully saturated rings. The maximum absolute atomic E-state index is 12.6. The van der Waals surface area contributed by atoms with Crippen molar-refractivity contribution in [2.24, 2.45) is 0 Å². The fourth-order valence-corrected chi connectivity index (χ4v) is 3.38. The molecule has 0 unspecified atom stereocenters. The molecule has 31 heavy (non-hydrogen) atoms. The van der Waals surface area contributed by atoms with Gasteiger partial charge in [0.15, 0.2) is 5.78 Å². The zero-order valence-electron chi connectivity index (χ0n) is 17.3. The molecule has 0 spiro atoms. The normalized spacial score (nSPS) is 10.9. The van der Waals surface area contributed by atoms with Crippen LogP contribution in [0.1, 0.15) is 33.0 Å². The summed E-state index contributed by atoms with van der Waals surface area (Å²) in [4.78, 5) is 41.3. The second-order valence-electron chi connectivity index (χ2n) is 7.18. The van der Waals surface area contributed by atoms with Crippen molar-refractivity contribution in [3.05, 3.63) is 84.1 Å². The number of hydroxylamine groups is 2. The number of aryl methyl sites for hydroxylation is 1. The number of nitrogens with one attached hydrogen (secondary N) is 1. The molecule has 0 saturated heterocycles. The SMILES string of the molecule is CON(C)C(=O)c1cc2cc(-c3ccnc(C(=O)CCc4ccncc4)c3)ccc2[nH]1. The molecule has 7 nitrogen and oxygen atoms in total. The number of ketones is 1. The minimum atomic E-state index is -0.258. The number of pyridine rings is 2. The molecule has 1 N–H and O–H groups in total. The van der Waals surface area contributed by atoms with E-state index in [1.54, 1.807) is 31.7 Å². The van der Waals surface area contributed by atoms with Gasteiger partial charge in [-0.1, -0.05) is 6.07 Å². The van der Waals surface area contributed by atoms with Gasteiger partial charge in [0.05, 0.1) is 7.11 Å². The molecule has 156 valence electrons. The van der Waals surface area contributed by atoms with Crippen LogP contribution in [-0.4, -0.2) is 45.9 Å². The Bertz CT molecular complexity index is 1230. The number of Topliss-reactive ketones (excluding diaryl/α,β-unsaturated/α-hetero) is 1. The van der Waals surface area contributed by atoms with E-state index >= 15 is 0 Å². The van der Waals surface area contributed by atoms with E-state index in [9.17, 15) is 9.59 Å². The van der Waals surface area contributed by atoms with Crippen LogP contribution in [0.5, 0.6) is 0 Å². The van der Waals surface area contributed by atoms with E-state index in [2.05, 4.69) is 15.0 Å². The summed E-state index contributed by atoms with van der Waals surface area (Å²) in [6, 6.07) is 15.1. The average Bonchev–Trinajstić information content (AvgIpc) is 3.25. The Morgan fingerprint density at radius 2 is 1.77 bits per heavy atom. The minimum absolute atomic E-state index is 0.00290. The van der Waals surface area contributed by atoms with Crippen LogP contribution in [0.3, 0.4) is 0 Å². The van der Waals surface area contributed by atoms with Crippen LogP contribution in [-0.2, 0) is 11.3 Å². The highest BCUT2D eigenvalue weighted by molar-refractivity contribution is 5.99. The van der Waals surface area contributed by atoms with Gasteiger partial charge < -0.3 is 4.98 Å². The highest BCUT2D eigenvalue weighted by atomic mass is 16.7. The molecular formula is C24H22N4O3. The van der Waals surface area contributed by atoms with Crippen molar-refractivity contribution in [3.63, 3.8) is 0 Å². The third-order valence-electron chi connectivity index (χ3n) is 5.18. The lowest BCUT2D eigenvalue weighted by Crippen LogP contribution is -2.25. The summed E-state index contributed by atoms with van der Waals surface area (Å²) >= 11 is 0. The number of rotatable bonds is 7. The second kappa shape index (κ2) is 8.89. The highest BCUT2D eigenvalue weighted by Gasteiger charge is 2.15. The lowest BCUT2D eigenvalue weighted by molar-refractivity contribution is -0.0759. The predicted octanol–water partition coefficient (Wildman–Crippen LogP) is 4.07. The molecule has 0 radical (unpaired) electrons. The van der Waals surface area contributed by atoms with E-state index in [4.69, 9.17) is 4.84 Å². The van der Waals surface area contributed by atoms with Gasteiger partial charge in [0.2, 0.25) is 0 Å². The summed E-state index contributed by atoms with van der Waals surface area (Å²) in [5.41, 5.74) is 4.64. The molecule has 0 saturated carbocycles. The van der Waals surface area contributed by atoms with Crippen LogP contribution in [0.4, 0.5) is 0 Å². The molecule has 0 atom stereocenters. The van der Waals surface area contributed by atoms with Crippen molar-refractivity contribution in [2.45, 2.75) is 12.8 Å². The van der Waals surface area contributed by atoms with Crippen LogP contribution in [0, 0.1) is 0 Å². The molecule has 1 amide bonds. The van der Waals surface area contributed by atoms with Gasteiger partial charge >= 0.3 is 0 Å². The number of benzene rings is 1. The van der Waals surface area contributed by atoms with E-state index in [1.807, 2.05) is 42.5 Å². The summed E-state index contributed by atoms with van der Waals surface area (Å²) in [7, 11) is 3.00. The van der Waals surface area contributed by atoms with Gasteiger partial charge in [0.25, 0.3) is 5.91 Å². The van der Waals surface area contributed by atoms with Crippen LogP contribution in [0.2, 0.25) is 0 Å². The Morgan fingerprint density at radius 1 is 1.00 bits per heavy atom. The number of hydrogen-bond donors (Lipinski definition) is 1. The summed E-state index contributed by atoms with van der Waals surface area (Å²) in [5, 5.41) is 2.06. The monoisotopic (exact) mass is 414 g/mol. The van der Waals surface area contributed by atoms with Crippen molar-refractivity contribution < 1.29 is 14.4 Å². The van der Waals surface area contributed by atoms with E-state index in [0.29, 0.717) is 24.2 Å². The van der Waals surface area contributed by atoms with Gasteiger partial charge in [-0.15, -0.1) is 0 Å². The first kappa shape index (κ1) is 20.4. The van der Waals surface area contributed by atoms with E-state index in [0.717, 1.165) is 27.6 Å². The lowest BCUT2D eigenvalue weighted by Gasteiger charge is -2.11. The van der Waals surface area contributed by atoms with E-state index in [1.165, 1.54) is 12.2 Å². The molecule has 4 rings (SSSR count). The number of H-pyrrole nitrogens is 1. The first-order chi connectivity index (χ1) is 15.0. The zero-order chi connectivity index (χ0) is 21.8. The number of carbonyl (C=O) groups is 2. The van der Waals surface area contributed by atoms with Crippen molar-refractivity contribution in [1.29, 1.82) is 0 Å². The molecule has 7 heteroatoms. The average molecular weight is 414 g/mol. The number of fused-ring (bicyclic) bond motifs is 1. The Kier molecular flexibility index (Phi) is 5.86.